The Morgan fingerprint density at radius 1 is 1.47 bits per heavy atom. The van der Waals surface area contributed by atoms with E-state index >= 15 is 0 Å². The maximum absolute atomic E-state index is 12.9. The Hall–Kier alpha value is -1.43. The lowest BCUT2D eigenvalue weighted by molar-refractivity contribution is -0.123. The quantitative estimate of drug-likeness (QED) is 0.846. The number of hydrogen-bond donors (Lipinski definition) is 1. The average molecular weight is 301 g/mol. The second kappa shape index (κ2) is 4.83. The van der Waals surface area contributed by atoms with Crippen molar-refractivity contribution in [2.45, 2.75) is 0 Å². The Balaban J connectivity index is 2.21. The Bertz CT molecular complexity index is 479. The molecule has 0 radical (unpaired) electrons. The van der Waals surface area contributed by atoms with Gasteiger partial charge >= 0.3 is 0 Å². The van der Waals surface area contributed by atoms with E-state index in [0.717, 1.165) is 0 Å². The number of amides is 2. The van der Waals surface area contributed by atoms with Crippen LogP contribution < -0.4 is 5.32 Å². The Labute approximate surface area is 106 Å². The highest BCUT2D eigenvalue weighted by Crippen LogP contribution is 2.20. The normalized spacial score (nSPS) is 15.6. The number of carbonyl (C=O) groups is 2. The van der Waals surface area contributed by atoms with Crippen LogP contribution >= 0.6 is 15.9 Å². The van der Waals surface area contributed by atoms with Gasteiger partial charge in [-0.1, -0.05) is 0 Å². The first-order valence-corrected chi connectivity index (χ1v) is 5.88. The Morgan fingerprint density at radius 3 is 2.88 bits per heavy atom. The standard InChI is InChI=1S/C11H10BrFN2O2/c12-9-5-7(13)1-2-8(9)11(17)15-4-3-14-10(16)6-15/h1-2,5H,3-4,6H2,(H,14,16). The molecule has 0 spiro atoms. The molecule has 1 aromatic carbocycles. The van der Waals surface area contributed by atoms with E-state index in [4.69, 9.17) is 0 Å². The number of halogens is 2. The molecule has 1 fully saturated rings. The first-order chi connectivity index (χ1) is 8.08. The smallest absolute Gasteiger partial charge is 0.255 e. The molecule has 0 aromatic heterocycles. The van der Waals surface area contributed by atoms with Gasteiger partial charge in [-0.2, -0.15) is 0 Å². The third kappa shape index (κ3) is 2.63. The van der Waals surface area contributed by atoms with Crippen LogP contribution in [0.5, 0.6) is 0 Å². The van der Waals surface area contributed by atoms with Crippen molar-refractivity contribution < 1.29 is 14.0 Å². The van der Waals surface area contributed by atoms with Crippen LogP contribution in [0.3, 0.4) is 0 Å². The zero-order valence-electron chi connectivity index (χ0n) is 8.87. The van der Waals surface area contributed by atoms with Gasteiger partial charge in [0.25, 0.3) is 5.91 Å². The third-order valence-electron chi connectivity index (χ3n) is 2.49. The Morgan fingerprint density at radius 2 is 2.24 bits per heavy atom. The summed E-state index contributed by atoms with van der Waals surface area (Å²) in [5.41, 5.74) is 0.362. The number of nitrogens with one attached hydrogen (secondary N) is 1. The summed E-state index contributed by atoms with van der Waals surface area (Å²) in [5, 5.41) is 2.64. The molecule has 17 heavy (non-hydrogen) atoms. The molecule has 2 rings (SSSR count). The van der Waals surface area contributed by atoms with Gasteiger partial charge < -0.3 is 10.2 Å². The number of nitrogens with zero attached hydrogens (tertiary/aromatic N) is 1. The molecule has 0 saturated carbocycles. The van der Waals surface area contributed by atoms with Gasteiger partial charge in [0, 0.05) is 17.6 Å². The van der Waals surface area contributed by atoms with Crippen LogP contribution in [0.25, 0.3) is 0 Å². The van der Waals surface area contributed by atoms with Gasteiger partial charge in [0.1, 0.15) is 5.82 Å². The fourth-order valence-corrected chi connectivity index (χ4v) is 2.17. The van der Waals surface area contributed by atoms with Gasteiger partial charge in [0.15, 0.2) is 0 Å². The van der Waals surface area contributed by atoms with Crippen molar-refractivity contribution in [2.75, 3.05) is 19.6 Å². The van der Waals surface area contributed by atoms with Crippen LogP contribution in [0.4, 0.5) is 4.39 Å². The molecule has 0 bridgehead atoms. The predicted octanol–water partition coefficient (Wildman–Crippen LogP) is 1.16. The number of benzene rings is 1. The molecular weight excluding hydrogens is 291 g/mol. The largest absolute Gasteiger partial charge is 0.353 e. The number of rotatable bonds is 1. The van der Waals surface area contributed by atoms with E-state index in [1.807, 2.05) is 0 Å². The highest BCUT2D eigenvalue weighted by Gasteiger charge is 2.23. The lowest BCUT2D eigenvalue weighted by atomic mass is 10.2. The molecule has 1 aliphatic rings. The van der Waals surface area contributed by atoms with Gasteiger partial charge in [0.2, 0.25) is 5.91 Å². The molecule has 6 heteroatoms. The maximum Gasteiger partial charge on any atom is 0.255 e. The van der Waals surface area contributed by atoms with Crippen LogP contribution in [-0.4, -0.2) is 36.3 Å². The summed E-state index contributed by atoms with van der Waals surface area (Å²) in [6, 6.07) is 3.87. The summed E-state index contributed by atoms with van der Waals surface area (Å²) in [7, 11) is 0. The van der Waals surface area contributed by atoms with Crippen molar-refractivity contribution in [3.8, 4) is 0 Å². The Kier molecular flexibility index (Phi) is 3.42. The minimum atomic E-state index is -0.412. The number of carbonyl (C=O) groups excluding carboxylic acids is 2. The van der Waals surface area contributed by atoms with Crippen molar-refractivity contribution in [1.29, 1.82) is 0 Å². The molecule has 90 valence electrons. The van der Waals surface area contributed by atoms with Crippen molar-refractivity contribution in [3.63, 3.8) is 0 Å². The molecular formula is C11H10BrFN2O2. The summed E-state index contributed by atoms with van der Waals surface area (Å²) in [4.78, 5) is 24.7. The molecule has 1 heterocycles. The maximum atomic E-state index is 12.9. The van der Waals surface area contributed by atoms with Gasteiger partial charge in [0.05, 0.1) is 12.1 Å². The lowest BCUT2D eigenvalue weighted by Gasteiger charge is -2.27. The molecule has 0 unspecified atom stereocenters. The van der Waals surface area contributed by atoms with Crippen LogP contribution in [-0.2, 0) is 4.79 Å². The molecule has 0 atom stereocenters. The molecule has 1 aliphatic heterocycles. The molecule has 2 amide bonds. The van der Waals surface area contributed by atoms with Crippen molar-refractivity contribution >= 4 is 27.7 Å². The fourth-order valence-electron chi connectivity index (χ4n) is 1.65. The van der Waals surface area contributed by atoms with E-state index in [9.17, 15) is 14.0 Å². The van der Waals surface area contributed by atoms with Gasteiger partial charge in [-0.25, -0.2) is 4.39 Å². The SMILES string of the molecule is O=C1CN(C(=O)c2ccc(F)cc2Br)CCN1. The predicted molar refractivity (Wildman–Crippen MR) is 63.0 cm³/mol. The van der Waals surface area contributed by atoms with Gasteiger partial charge in [-0.15, -0.1) is 0 Å². The number of piperazine rings is 1. The van der Waals surface area contributed by atoms with E-state index in [1.54, 1.807) is 0 Å². The van der Waals surface area contributed by atoms with E-state index in [0.29, 0.717) is 23.1 Å². The summed E-state index contributed by atoms with van der Waals surface area (Å²) in [6.45, 7) is 0.959. The highest BCUT2D eigenvalue weighted by molar-refractivity contribution is 9.10. The molecule has 1 saturated heterocycles. The van der Waals surface area contributed by atoms with Crippen molar-refractivity contribution in [1.82, 2.24) is 10.2 Å². The minimum absolute atomic E-state index is 0.0443. The highest BCUT2D eigenvalue weighted by atomic mass is 79.9. The van der Waals surface area contributed by atoms with E-state index < -0.39 is 5.82 Å². The molecule has 4 nitrogen and oxygen atoms in total. The average Bonchev–Trinajstić information content (AvgIpc) is 2.28. The summed E-state index contributed by atoms with van der Waals surface area (Å²) < 4.78 is 13.3. The van der Waals surface area contributed by atoms with Gasteiger partial charge in [-0.3, -0.25) is 9.59 Å². The van der Waals surface area contributed by atoms with Crippen LogP contribution in [0.2, 0.25) is 0 Å². The van der Waals surface area contributed by atoms with Crippen molar-refractivity contribution in [2.24, 2.45) is 0 Å². The van der Waals surface area contributed by atoms with E-state index in [2.05, 4.69) is 21.2 Å². The first-order valence-electron chi connectivity index (χ1n) is 5.09. The number of hydrogen-bond acceptors (Lipinski definition) is 2. The summed E-state index contributed by atoms with van der Waals surface area (Å²) in [6.07, 6.45) is 0. The zero-order valence-corrected chi connectivity index (χ0v) is 10.5. The minimum Gasteiger partial charge on any atom is -0.353 e. The molecule has 1 N–H and O–H groups in total. The molecule has 0 aliphatic carbocycles. The second-order valence-electron chi connectivity index (χ2n) is 3.70. The summed E-state index contributed by atoms with van der Waals surface area (Å²) >= 11 is 3.14. The lowest BCUT2D eigenvalue weighted by Crippen LogP contribution is -2.50. The summed E-state index contributed by atoms with van der Waals surface area (Å²) in [5.74, 6) is -0.862. The topological polar surface area (TPSA) is 49.4 Å². The third-order valence-corrected chi connectivity index (χ3v) is 3.14. The van der Waals surface area contributed by atoms with Gasteiger partial charge in [-0.05, 0) is 34.1 Å². The van der Waals surface area contributed by atoms with Crippen LogP contribution in [0.15, 0.2) is 22.7 Å². The van der Waals surface area contributed by atoms with Crippen LogP contribution in [0.1, 0.15) is 10.4 Å². The van der Waals surface area contributed by atoms with Crippen molar-refractivity contribution in [3.05, 3.63) is 34.1 Å². The zero-order chi connectivity index (χ0) is 12.4. The first kappa shape index (κ1) is 12.0. The second-order valence-corrected chi connectivity index (χ2v) is 4.56. The molecule has 1 aromatic rings. The fraction of sp³-hybridized carbons (Fsp3) is 0.273. The van der Waals surface area contributed by atoms with E-state index in [-0.39, 0.29) is 18.4 Å². The monoisotopic (exact) mass is 300 g/mol. The van der Waals surface area contributed by atoms with E-state index in [1.165, 1.54) is 23.1 Å². The van der Waals surface area contributed by atoms with Crippen LogP contribution in [0, 0.1) is 5.82 Å².